The number of anilines is 1. The molecule has 9 nitrogen and oxygen atoms in total. The standard InChI is InChI=1S/C27H22Cl2N4O5S2/c28-19-9-11-20(12-10-19)33-40(37,38)24-16-18(8-13-21(24)29)25(34)31-32-26(35)22(15-17-5-2-1-3-6-17)30-27(36)23-7-4-14-39-23/h1-14,16,22,33H,15H2,(H,30,36)(H,31,34)(H,32,35). The third-order valence-corrected chi connectivity index (χ3v) is 8.51. The van der Waals surface area contributed by atoms with Gasteiger partial charge in [-0.05, 0) is 59.5 Å². The summed E-state index contributed by atoms with van der Waals surface area (Å²) in [6, 6.07) is 21.0. The Hall–Kier alpha value is -3.90. The van der Waals surface area contributed by atoms with Crippen LogP contribution in [0.2, 0.25) is 10.0 Å². The van der Waals surface area contributed by atoms with Gasteiger partial charge in [-0.25, -0.2) is 8.42 Å². The summed E-state index contributed by atoms with van der Waals surface area (Å²) in [5.41, 5.74) is 5.54. The third kappa shape index (κ3) is 7.60. The molecule has 1 aromatic heterocycles. The minimum absolute atomic E-state index is 0.0802. The molecule has 4 rings (SSSR count). The van der Waals surface area contributed by atoms with Crippen molar-refractivity contribution in [2.45, 2.75) is 17.4 Å². The van der Waals surface area contributed by atoms with Crippen LogP contribution in [-0.4, -0.2) is 32.2 Å². The molecular formula is C27H22Cl2N4O5S2. The van der Waals surface area contributed by atoms with E-state index in [1.54, 1.807) is 29.6 Å². The van der Waals surface area contributed by atoms with Crippen molar-refractivity contribution < 1.29 is 22.8 Å². The van der Waals surface area contributed by atoms with Gasteiger partial charge in [0.15, 0.2) is 0 Å². The Kier molecular flexibility index (Phi) is 9.43. The molecule has 1 heterocycles. The molecule has 40 heavy (non-hydrogen) atoms. The van der Waals surface area contributed by atoms with Crippen LogP contribution in [-0.2, 0) is 21.2 Å². The molecule has 13 heteroatoms. The number of benzene rings is 3. The highest BCUT2D eigenvalue weighted by molar-refractivity contribution is 7.92. The summed E-state index contributed by atoms with van der Waals surface area (Å²) in [5, 5.41) is 4.75. The SMILES string of the molecule is O=C(NNC(=O)C(Cc1ccccc1)NC(=O)c1cccs1)c1ccc(Cl)c(S(=O)(=O)Nc2ccc(Cl)cc2)c1. The highest BCUT2D eigenvalue weighted by Gasteiger charge is 2.24. The van der Waals surface area contributed by atoms with E-state index in [0.29, 0.717) is 9.90 Å². The fraction of sp³-hybridized carbons (Fsp3) is 0.0741. The molecule has 3 aromatic carbocycles. The van der Waals surface area contributed by atoms with Crippen molar-refractivity contribution in [3.8, 4) is 0 Å². The summed E-state index contributed by atoms with van der Waals surface area (Å²) >= 11 is 13.2. The lowest BCUT2D eigenvalue weighted by molar-refractivity contribution is -0.123. The van der Waals surface area contributed by atoms with E-state index in [4.69, 9.17) is 23.2 Å². The predicted molar refractivity (Wildman–Crippen MR) is 155 cm³/mol. The summed E-state index contributed by atoms with van der Waals surface area (Å²) in [6.45, 7) is 0. The van der Waals surface area contributed by atoms with Crippen LogP contribution in [0, 0.1) is 0 Å². The second-order valence-corrected chi connectivity index (χ2v) is 11.8. The lowest BCUT2D eigenvalue weighted by Crippen LogP contribution is -2.53. The number of carbonyl (C=O) groups excluding carboxylic acids is 3. The molecule has 4 N–H and O–H groups in total. The monoisotopic (exact) mass is 616 g/mol. The maximum atomic E-state index is 13.0. The van der Waals surface area contributed by atoms with Crippen LogP contribution in [0.15, 0.2) is 95.2 Å². The molecule has 0 aliphatic carbocycles. The van der Waals surface area contributed by atoms with E-state index in [9.17, 15) is 22.8 Å². The van der Waals surface area contributed by atoms with Gasteiger partial charge in [0.05, 0.1) is 9.90 Å². The molecule has 0 radical (unpaired) electrons. The van der Waals surface area contributed by atoms with Gasteiger partial charge in [0.2, 0.25) is 0 Å². The summed E-state index contributed by atoms with van der Waals surface area (Å²) in [5.74, 6) is -1.90. The molecule has 3 amide bonds. The fourth-order valence-corrected chi connectivity index (χ4v) is 5.89. The Morgan fingerprint density at radius 3 is 2.23 bits per heavy atom. The lowest BCUT2D eigenvalue weighted by Gasteiger charge is -2.19. The number of halogens is 2. The Balaban J connectivity index is 1.46. The van der Waals surface area contributed by atoms with Crippen LogP contribution in [0.25, 0.3) is 0 Å². The number of rotatable bonds is 9. The zero-order valence-electron chi connectivity index (χ0n) is 20.6. The quantitative estimate of drug-likeness (QED) is 0.203. The second kappa shape index (κ2) is 13.0. The van der Waals surface area contributed by atoms with Crippen LogP contribution in [0.4, 0.5) is 5.69 Å². The maximum absolute atomic E-state index is 13.0. The molecule has 0 spiro atoms. The van der Waals surface area contributed by atoms with Crippen molar-refractivity contribution in [2.24, 2.45) is 0 Å². The zero-order chi connectivity index (χ0) is 28.7. The van der Waals surface area contributed by atoms with Crippen molar-refractivity contribution in [3.05, 3.63) is 116 Å². The second-order valence-electron chi connectivity index (χ2n) is 8.39. The fourth-order valence-electron chi connectivity index (χ4n) is 3.55. The molecule has 0 saturated carbocycles. The first-order valence-electron chi connectivity index (χ1n) is 11.7. The smallest absolute Gasteiger partial charge is 0.269 e. The highest BCUT2D eigenvalue weighted by Crippen LogP contribution is 2.25. The van der Waals surface area contributed by atoms with Gasteiger partial charge in [-0.3, -0.25) is 30.0 Å². The number of sulfonamides is 1. The topological polar surface area (TPSA) is 133 Å². The van der Waals surface area contributed by atoms with Gasteiger partial charge < -0.3 is 5.32 Å². The summed E-state index contributed by atoms with van der Waals surface area (Å²) in [7, 11) is -4.17. The van der Waals surface area contributed by atoms with Gasteiger partial charge in [-0.15, -0.1) is 11.3 Å². The van der Waals surface area contributed by atoms with Gasteiger partial charge in [-0.2, -0.15) is 0 Å². The average molecular weight is 618 g/mol. The number of carbonyl (C=O) groups is 3. The molecule has 0 fully saturated rings. The number of thiophene rings is 1. The molecule has 206 valence electrons. The zero-order valence-corrected chi connectivity index (χ0v) is 23.7. The van der Waals surface area contributed by atoms with Gasteiger partial charge in [0.1, 0.15) is 10.9 Å². The Labute approximate surface area is 244 Å². The van der Waals surface area contributed by atoms with Crippen molar-refractivity contribution in [1.82, 2.24) is 16.2 Å². The largest absolute Gasteiger partial charge is 0.339 e. The molecular weight excluding hydrogens is 595 g/mol. The predicted octanol–water partition coefficient (Wildman–Crippen LogP) is 4.66. The number of hydrazine groups is 1. The van der Waals surface area contributed by atoms with E-state index in [1.807, 2.05) is 18.2 Å². The molecule has 4 aromatic rings. The van der Waals surface area contributed by atoms with Crippen molar-refractivity contribution in [2.75, 3.05) is 4.72 Å². The summed E-state index contributed by atoms with van der Waals surface area (Å²) < 4.78 is 28.3. The number of hydrogen-bond donors (Lipinski definition) is 4. The van der Waals surface area contributed by atoms with Gasteiger partial charge >= 0.3 is 0 Å². The molecule has 0 aliphatic rings. The Bertz CT molecular complexity index is 1610. The lowest BCUT2D eigenvalue weighted by atomic mass is 10.1. The van der Waals surface area contributed by atoms with Gasteiger partial charge in [0.25, 0.3) is 27.7 Å². The number of nitrogens with one attached hydrogen (secondary N) is 4. The van der Waals surface area contributed by atoms with Crippen LogP contribution in [0.5, 0.6) is 0 Å². The third-order valence-electron chi connectivity index (χ3n) is 5.53. The normalized spacial score (nSPS) is 11.8. The summed E-state index contributed by atoms with van der Waals surface area (Å²) in [6.07, 6.45) is 0.166. The van der Waals surface area contributed by atoms with E-state index in [1.165, 1.54) is 47.7 Å². The molecule has 0 bridgehead atoms. The van der Waals surface area contributed by atoms with E-state index < -0.39 is 33.8 Å². The Morgan fingerprint density at radius 1 is 0.825 bits per heavy atom. The highest BCUT2D eigenvalue weighted by atomic mass is 35.5. The first-order chi connectivity index (χ1) is 19.1. The minimum Gasteiger partial charge on any atom is -0.339 e. The van der Waals surface area contributed by atoms with Crippen molar-refractivity contribution in [1.29, 1.82) is 0 Å². The maximum Gasteiger partial charge on any atom is 0.269 e. The summed E-state index contributed by atoms with van der Waals surface area (Å²) in [4.78, 5) is 38.6. The van der Waals surface area contributed by atoms with Gasteiger partial charge in [0, 0.05) is 22.7 Å². The van der Waals surface area contributed by atoms with Crippen LogP contribution in [0.1, 0.15) is 25.6 Å². The van der Waals surface area contributed by atoms with E-state index in [-0.39, 0.29) is 27.6 Å². The Morgan fingerprint density at radius 2 is 1.55 bits per heavy atom. The average Bonchev–Trinajstić information content (AvgIpc) is 3.48. The number of amides is 3. The van der Waals surface area contributed by atoms with Crippen molar-refractivity contribution in [3.63, 3.8) is 0 Å². The minimum atomic E-state index is -4.17. The number of hydrogen-bond acceptors (Lipinski definition) is 6. The molecule has 1 atom stereocenters. The first kappa shape index (κ1) is 29.1. The van der Waals surface area contributed by atoms with E-state index >= 15 is 0 Å². The van der Waals surface area contributed by atoms with Crippen LogP contribution < -0.4 is 20.9 Å². The van der Waals surface area contributed by atoms with E-state index in [0.717, 1.165) is 11.6 Å². The van der Waals surface area contributed by atoms with Crippen LogP contribution in [0.3, 0.4) is 0 Å². The van der Waals surface area contributed by atoms with E-state index in [2.05, 4.69) is 20.9 Å². The van der Waals surface area contributed by atoms with Crippen LogP contribution >= 0.6 is 34.5 Å². The molecule has 0 aliphatic heterocycles. The van der Waals surface area contributed by atoms with Gasteiger partial charge in [-0.1, -0.05) is 59.6 Å². The first-order valence-corrected chi connectivity index (χ1v) is 14.8. The molecule has 1 unspecified atom stereocenters. The van der Waals surface area contributed by atoms with Crippen molar-refractivity contribution >= 4 is 68.0 Å². The molecule has 0 saturated heterocycles.